The van der Waals surface area contributed by atoms with E-state index in [2.05, 4.69) is 10.6 Å². The molecule has 32 heavy (non-hydrogen) atoms. The van der Waals surface area contributed by atoms with E-state index in [1.54, 1.807) is 6.07 Å². The predicted octanol–water partition coefficient (Wildman–Crippen LogP) is 2.85. The largest absolute Gasteiger partial charge is 0.348 e. The second-order valence-corrected chi connectivity index (χ2v) is 9.86. The number of rotatable bonds is 7. The van der Waals surface area contributed by atoms with Crippen LogP contribution in [0.1, 0.15) is 31.2 Å². The zero-order chi connectivity index (χ0) is 23.1. The molecule has 3 rings (SSSR count). The summed E-state index contributed by atoms with van der Waals surface area (Å²) in [6.45, 7) is 0.435. The van der Waals surface area contributed by atoms with E-state index < -0.39 is 27.7 Å². The molecule has 172 valence electrons. The molecule has 0 saturated carbocycles. The molecule has 1 atom stereocenters. The van der Waals surface area contributed by atoms with Crippen molar-refractivity contribution < 1.29 is 22.4 Å². The van der Waals surface area contributed by atoms with Crippen molar-refractivity contribution in [3.8, 4) is 0 Å². The second-order valence-electron chi connectivity index (χ2n) is 7.54. The van der Waals surface area contributed by atoms with Crippen molar-refractivity contribution in [2.45, 2.75) is 43.2 Å². The van der Waals surface area contributed by atoms with Crippen LogP contribution in [0.5, 0.6) is 0 Å². The number of hydrogen-bond acceptors (Lipinski definition) is 4. The summed E-state index contributed by atoms with van der Waals surface area (Å²) in [7, 11) is -3.69. The van der Waals surface area contributed by atoms with Crippen LogP contribution < -0.4 is 10.6 Å². The topological polar surface area (TPSA) is 95.6 Å². The lowest BCUT2D eigenvalue weighted by Crippen LogP contribution is -2.46. The van der Waals surface area contributed by atoms with Crippen LogP contribution in [-0.2, 0) is 26.2 Å². The van der Waals surface area contributed by atoms with Crippen LogP contribution in [0.4, 0.5) is 4.39 Å². The van der Waals surface area contributed by atoms with E-state index in [9.17, 15) is 22.4 Å². The summed E-state index contributed by atoms with van der Waals surface area (Å²) in [4.78, 5) is 24.2. The van der Waals surface area contributed by atoms with Crippen LogP contribution in [0.25, 0.3) is 0 Å². The molecule has 0 bridgehead atoms. The molecule has 0 spiro atoms. The van der Waals surface area contributed by atoms with Crippen LogP contribution >= 0.6 is 11.6 Å². The molecule has 2 N–H and O–H groups in total. The quantitative estimate of drug-likeness (QED) is 0.594. The number of nitrogens with one attached hydrogen (secondary N) is 2. The van der Waals surface area contributed by atoms with Gasteiger partial charge in [-0.3, -0.25) is 9.59 Å². The number of amides is 2. The summed E-state index contributed by atoms with van der Waals surface area (Å²) in [5.41, 5.74) is 0.277. The molecule has 1 aliphatic heterocycles. The number of halogens is 2. The Labute approximate surface area is 192 Å². The maximum Gasteiger partial charge on any atom is 0.309 e. The highest BCUT2D eigenvalue weighted by Crippen LogP contribution is 2.27. The SMILES string of the molecule is O=C(NCC[C@@H]1CCCCN1S(=O)(=O)c1ccc(Cl)cc1)C(=O)NCc1ccccc1F. The number of piperidine rings is 1. The van der Waals surface area contributed by atoms with Gasteiger partial charge in [0.2, 0.25) is 10.0 Å². The maximum atomic E-state index is 13.6. The van der Waals surface area contributed by atoms with E-state index in [-0.39, 0.29) is 29.6 Å². The third kappa shape index (κ3) is 6.05. The molecule has 1 saturated heterocycles. The zero-order valence-electron chi connectivity index (χ0n) is 17.4. The molecular weight excluding hydrogens is 457 g/mol. The third-order valence-corrected chi connectivity index (χ3v) is 7.58. The zero-order valence-corrected chi connectivity index (χ0v) is 19.0. The van der Waals surface area contributed by atoms with E-state index in [0.717, 1.165) is 12.8 Å². The molecule has 0 unspecified atom stereocenters. The Bertz CT molecular complexity index is 1060. The van der Waals surface area contributed by atoms with Crippen molar-refractivity contribution in [2.24, 2.45) is 0 Å². The second kappa shape index (κ2) is 10.9. The van der Waals surface area contributed by atoms with Gasteiger partial charge in [0.15, 0.2) is 0 Å². The number of benzene rings is 2. The van der Waals surface area contributed by atoms with Crippen molar-refractivity contribution in [3.05, 3.63) is 64.9 Å². The molecule has 0 aromatic heterocycles. The summed E-state index contributed by atoms with van der Waals surface area (Å²) < 4.78 is 41.2. The van der Waals surface area contributed by atoms with Crippen molar-refractivity contribution in [1.29, 1.82) is 0 Å². The number of sulfonamides is 1. The minimum Gasteiger partial charge on any atom is -0.348 e. The van der Waals surface area contributed by atoms with Gasteiger partial charge in [0.05, 0.1) is 4.90 Å². The summed E-state index contributed by atoms with van der Waals surface area (Å²) in [5.74, 6) is -2.18. The molecule has 0 aliphatic carbocycles. The van der Waals surface area contributed by atoms with E-state index in [1.807, 2.05) is 0 Å². The van der Waals surface area contributed by atoms with Gasteiger partial charge in [0.1, 0.15) is 5.82 Å². The van der Waals surface area contributed by atoms with Gasteiger partial charge in [-0.05, 0) is 49.6 Å². The Morgan fingerprint density at radius 1 is 1.03 bits per heavy atom. The van der Waals surface area contributed by atoms with E-state index in [4.69, 9.17) is 11.6 Å². The Kier molecular flexibility index (Phi) is 8.22. The van der Waals surface area contributed by atoms with Crippen LogP contribution in [0.3, 0.4) is 0 Å². The van der Waals surface area contributed by atoms with Crippen LogP contribution in [0.15, 0.2) is 53.4 Å². The minimum absolute atomic E-state index is 0.103. The van der Waals surface area contributed by atoms with Gasteiger partial charge in [0, 0.05) is 36.3 Å². The first-order valence-electron chi connectivity index (χ1n) is 10.4. The fraction of sp³-hybridized carbons (Fsp3) is 0.364. The average Bonchev–Trinajstić information content (AvgIpc) is 2.79. The van der Waals surface area contributed by atoms with Gasteiger partial charge < -0.3 is 10.6 Å². The lowest BCUT2D eigenvalue weighted by molar-refractivity contribution is -0.139. The molecule has 2 aromatic rings. The van der Waals surface area contributed by atoms with Crippen LogP contribution in [-0.4, -0.2) is 43.7 Å². The monoisotopic (exact) mass is 481 g/mol. The molecule has 7 nitrogen and oxygen atoms in total. The smallest absolute Gasteiger partial charge is 0.309 e. The number of carbonyl (C=O) groups is 2. The fourth-order valence-electron chi connectivity index (χ4n) is 3.65. The third-order valence-electron chi connectivity index (χ3n) is 5.36. The summed E-state index contributed by atoms with van der Waals surface area (Å²) in [5, 5.41) is 5.35. The van der Waals surface area contributed by atoms with Crippen LogP contribution in [0.2, 0.25) is 5.02 Å². The first kappa shape index (κ1) is 24.2. The highest BCUT2D eigenvalue weighted by molar-refractivity contribution is 7.89. The Morgan fingerprint density at radius 2 is 1.72 bits per heavy atom. The molecule has 1 fully saturated rings. The summed E-state index contributed by atoms with van der Waals surface area (Å²) in [6, 6.07) is 11.7. The molecule has 10 heteroatoms. The van der Waals surface area contributed by atoms with Gasteiger partial charge in [-0.25, -0.2) is 12.8 Å². The highest BCUT2D eigenvalue weighted by atomic mass is 35.5. The fourth-order valence-corrected chi connectivity index (χ4v) is 5.50. The van der Waals surface area contributed by atoms with Crippen molar-refractivity contribution in [2.75, 3.05) is 13.1 Å². The predicted molar refractivity (Wildman–Crippen MR) is 119 cm³/mol. The Balaban J connectivity index is 1.53. The summed E-state index contributed by atoms with van der Waals surface area (Å²) in [6.07, 6.45) is 2.68. The first-order chi connectivity index (χ1) is 15.3. The lowest BCUT2D eigenvalue weighted by atomic mass is 10.0. The lowest BCUT2D eigenvalue weighted by Gasteiger charge is -2.34. The standard InChI is InChI=1S/C22H25ClFN3O4S/c23-17-8-10-19(11-9-17)32(30,31)27-14-4-3-6-18(27)12-13-25-21(28)22(29)26-15-16-5-1-2-7-20(16)24/h1-2,5,7-11,18H,3-4,6,12-15H2,(H,25,28)(H,26,29)/t18-/m0/s1. The minimum atomic E-state index is -3.69. The van der Waals surface area contributed by atoms with Gasteiger partial charge in [-0.15, -0.1) is 0 Å². The van der Waals surface area contributed by atoms with Crippen molar-refractivity contribution in [3.63, 3.8) is 0 Å². The first-order valence-corrected chi connectivity index (χ1v) is 12.2. The van der Waals surface area contributed by atoms with Gasteiger partial charge in [-0.2, -0.15) is 4.31 Å². The molecular formula is C22H25ClFN3O4S. The molecule has 1 aliphatic rings. The Hall–Kier alpha value is -2.49. The van der Waals surface area contributed by atoms with Gasteiger partial charge >= 0.3 is 11.8 Å². The van der Waals surface area contributed by atoms with Gasteiger partial charge in [0.25, 0.3) is 0 Å². The van der Waals surface area contributed by atoms with E-state index in [0.29, 0.717) is 24.4 Å². The maximum absolute atomic E-state index is 13.6. The highest BCUT2D eigenvalue weighted by Gasteiger charge is 2.33. The Morgan fingerprint density at radius 3 is 2.44 bits per heavy atom. The molecule has 2 amide bonds. The number of hydrogen-bond donors (Lipinski definition) is 2. The number of nitrogens with zero attached hydrogens (tertiary/aromatic N) is 1. The van der Waals surface area contributed by atoms with E-state index in [1.165, 1.54) is 46.8 Å². The van der Waals surface area contributed by atoms with E-state index >= 15 is 0 Å². The average molecular weight is 482 g/mol. The van der Waals surface area contributed by atoms with Gasteiger partial charge in [-0.1, -0.05) is 36.2 Å². The number of carbonyl (C=O) groups excluding carboxylic acids is 2. The van der Waals surface area contributed by atoms with Crippen molar-refractivity contribution >= 4 is 33.4 Å². The van der Waals surface area contributed by atoms with Crippen molar-refractivity contribution in [1.82, 2.24) is 14.9 Å². The molecule has 1 heterocycles. The molecule has 2 aromatic carbocycles. The normalized spacial score (nSPS) is 17.0. The molecule has 0 radical (unpaired) electrons. The van der Waals surface area contributed by atoms with Crippen LogP contribution in [0, 0.1) is 5.82 Å². The summed E-state index contributed by atoms with van der Waals surface area (Å²) >= 11 is 5.86.